The van der Waals surface area contributed by atoms with E-state index in [1.165, 1.54) is 12.6 Å². The third kappa shape index (κ3) is 3.94. The van der Waals surface area contributed by atoms with Crippen LogP contribution in [0, 0.1) is 0 Å². The van der Waals surface area contributed by atoms with Gasteiger partial charge in [-0.25, -0.2) is 9.79 Å². The fourth-order valence-electron chi connectivity index (χ4n) is 1.97. The second-order valence-corrected chi connectivity index (χ2v) is 4.97. The van der Waals surface area contributed by atoms with E-state index < -0.39 is 0 Å². The molecule has 20 heavy (non-hydrogen) atoms. The van der Waals surface area contributed by atoms with E-state index in [1.807, 2.05) is 19.0 Å². The van der Waals surface area contributed by atoms with Crippen LogP contribution in [0.3, 0.4) is 0 Å². The molecule has 2 heterocycles. The molecule has 1 amide bonds. The minimum Gasteiger partial charge on any atom is -0.406 e. The zero-order chi connectivity index (χ0) is 14.4. The molecule has 0 spiro atoms. The molecule has 0 atom stereocenters. The minimum absolute atomic E-state index is 0.320. The number of carbonyl (C=O) groups excluding carboxylic acids is 1. The normalized spacial score (nSPS) is 15.4. The van der Waals surface area contributed by atoms with Gasteiger partial charge in [-0.05, 0) is 25.3 Å². The Labute approximate surface area is 119 Å². The first kappa shape index (κ1) is 14.3. The van der Waals surface area contributed by atoms with Gasteiger partial charge in [-0.15, -0.1) is 0 Å². The lowest BCUT2D eigenvalue weighted by molar-refractivity contribution is 0.142. The average Bonchev–Trinajstić information content (AvgIpc) is 2.47. The molecule has 0 bridgehead atoms. The SMILES string of the molecule is CN(C)C=Nc1ccncc1OC(=O)N1CCCCC1. The maximum Gasteiger partial charge on any atom is 0.415 e. The predicted molar refractivity (Wildman–Crippen MR) is 77.5 cm³/mol. The molecule has 108 valence electrons. The number of likely N-dealkylation sites (tertiary alicyclic amines) is 1. The van der Waals surface area contributed by atoms with Crippen molar-refractivity contribution in [1.82, 2.24) is 14.8 Å². The molecule has 0 saturated carbocycles. The Morgan fingerprint density at radius 3 is 2.85 bits per heavy atom. The highest BCUT2D eigenvalue weighted by Gasteiger charge is 2.19. The van der Waals surface area contributed by atoms with E-state index >= 15 is 0 Å². The lowest BCUT2D eigenvalue weighted by atomic mass is 10.1. The third-order valence-corrected chi connectivity index (χ3v) is 3.00. The molecular weight excluding hydrogens is 256 g/mol. The Kier molecular flexibility index (Phi) is 4.92. The molecule has 6 nitrogen and oxygen atoms in total. The van der Waals surface area contributed by atoms with Crippen LogP contribution >= 0.6 is 0 Å². The van der Waals surface area contributed by atoms with Crippen LogP contribution < -0.4 is 4.74 Å². The van der Waals surface area contributed by atoms with Gasteiger partial charge in [0.1, 0.15) is 5.69 Å². The standard InChI is InChI=1S/C14H20N4O2/c1-17(2)11-16-12-6-7-15-10-13(12)20-14(19)18-8-4-3-5-9-18/h6-7,10-11H,3-5,8-9H2,1-2H3. The number of hydrogen-bond donors (Lipinski definition) is 0. The van der Waals surface area contributed by atoms with Crippen LogP contribution in [0.25, 0.3) is 0 Å². The fraction of sp³-hybridized carbons (Fsp3) is 0.500. The van der Waals surface area contributed by atoms with E-state index in [0.717, 1.165) is 25.9 Å². The molecule has 0 aromatic carbocycles. The topological polar surface area (TPSA) is 58.0 Å². The Balaban J connectivity index is 2.06. The summed E-state index contributed by atoms with van der Waals surface area (Å²) in [5.74, 6) is 0.390. The van der Waals surface area contributed by atoms with E-state index in [2.05, 4.69) is 9.98 Å². The van der Waals surface area contributed by atoms with Crippen molar-refractivity contribution in [3.05, 3.63) is 18.5 Å². The van der Waals surface area contributed by atoms with Crippen LogP contribution in [0.15, 0.2) is 23.5 Å². The molecule has 1 saturated heterocycles. The van der Waals surface area contributed by atoms with Crippen molar-refractivity contribution in [3.8, 4) is 5.75 Å². The van der Waals surface area contributed by atoms with Crippen LogP contribution in [-0.2, 0) is 0 Å². The first-order valence-corrected chi connectivity index (χ1v) is 6.78. The second kappa shape index (κ2) is 6.88. The zero-order valence-corrected chi connectivity index (χ0v) is 12.0. The number of amides is 1. The number of carbonyl (C=O) groups is 1. The number of pyridine rings is 1. The van der Waals surface area contributed by atoms with Crippen molar-refractivity contribution < 1.29 is 9.53 Å². The van der Waals surface area contributed by atoms with Crippen molar-refractivity contribution >= 4 is 18.1 Å². The number of aromatic nitrogens is 1. The van der Waals surface area contributed by atoms with Crippen LogP contribution in [0.1, 0.15) is 19.3 Å². The number of piperidine rings is 1. The summed E-state index contributed by atoms with van der Waals surface area (Å²) in [5, 5.41) is 0. The summed E-state index contributed by atoms with van der Waals surface area (Å²) in [6.07, 6.45) is 7.73. The highest BCUT2D eigenvalue weighted by Crippen LogP contribution is 2.26. The van der Waals surface area contributed by atoms with Crippen molar-refractivity contribution in [2.24, 2.45) is 4.99 Å². The summed E-state index contributed by atoms with van der Waals surface area (Å²) in [6, 6.07) is 1.72. The van der Waals surface area contributed by atoms with Gasteiger partial charge in [-0.3, -0.25) is 4.98 Å². The lowest BCUT2D eigenvalue weighted by Gasteiger charge is -2.25. The zero-order valence-electron chi connectivity index (χ0n) is 12.0. The van der Waals surface area contributed by atoms with Crippen LogP contribution in [-0.4, -0.2) is 54.4 Å². The van der Waals surface area contributed by atoms with E-state index in [-0.39, 0.29) is 6.09 Å². The maximum absolute atomic E-state index is 12.1. The van der Waals surface area contributed by atoms with Gasteiger partial charge in [-0.1, -0.05) is 0 Å². The average molecular weight is 276 g/mol. The van der Waals surface area contributed by atoms with E-state index in [0.29, 0.717) is 11.4 Å². The lowest BCUT2D eigenvalue weighted by Crippen LogP contribution is -2.37. The van der Waals surface area contributed by atoms with Crippen molar-refractivity contribution in [2.75, 3.05) is 27.2 Å². The van der Waals surface area contributed by atoms with E-state index in [9.17, 15) is 4.79 Å². The van der Waals surface area contributed by atoms with Crippen LogP contribution in [0.2, 0.25) is 0 Å². The van der Waals surface area contributed by atoms with Gasteiger partial charge in [0.05, 0.1) is 12.5 Å². The van der Waals surface area contributed by atoms with E-state index in [4.69, 9.17) is 4.74 Å². The molecule has 0 N–H and O–H groups in total. The monoisotopic (exact) mass is 276 g/mol. The summed E-state index contributed by atoms with van der Waals surface area (Å²) < 4.78 is 5.41. The van der Waals surface area contributed by atoms with Crippen LogP contribution in [0.5, 0.6) is 5.75 Å². The molecule has 0 unspecified atom stereocenters. The quantitative estimate of drug-likeness (QED) is 0.628. The molecule has 2 rings (SSSR count). The van der Waals surface area contributed by atoms with Crippen molar-refractivity contribution in [1.29, 1.82) is 0 Å². The number of nitrogens with zero attached hydrogens (tertiary/aromatic N) is 4. The van der Waals surface area contributed by atoms with Gasteiger partial charge in [0.15, 0.2) is 5.75 Å². The fourth-order valence-corrected chi connectivity index (χ4v) is 1.97. The minimum atomic E-state index is -0.320. The molecule has 1 fully saturated rings. The first-order valence-electron chi connectivity index (χ1n) is 6.78. The Bertz CT molecular complexity index is 482. The molecular formula is C14H20N4O2. The smallest absolute Gasteiger partial charge is 0.406 e. The maximum atomic E-state index is 12.1. The molecule has 1 aliphatic heterocycles. The summed E-state index contributed by atoms with van der Waals surface area (Å²) in [6.45, 7) is 1.52. The number of ether oxygens (including phenoxy) is 1. The molecule has 0 radical (unpaired) electrons. The Morgan fingerprint density at radius 1 is 1.40 bits per heavy atom. The van der Waals surface area contributed by atoms with Gasteiger partial charge in [0.2, 0.25) is 0 Å². The number of hydrogen-bond acceptors (Lipinski definition) is 4. The Hall–Kier alpha value is -2.11. The van der Waals surface area contributed by atoms with Crippen molar-refractivity contribution in [2.45, 2.75) is 19.3 Å². The largest absolute Gasteiger partial charge is 0.415 e. The van der Waals surface area contributed by atoms with Gasteiger partial charge in [0, 0.05) is 33.4 Å². The van der Waals surface area contributed by atoms with Gasteiger partial charge in [0.25, 0.3) is 0 Å². The third-order valence-electron chi connectivity index (χ3n) is 3.00. The summed E-state index contributed by atoms with van der Waals surface area (Å²) in [5.41, 5.74) is 0.596. The summed E-state index contributed by atoms with van der Waals surface area (Å²) in [7, 11) is 3.76. The first-order chi connectivity index (χ1) is 9.66. The van der Waals surface area contributed by atoms with Gasteiger partial charge >= 0.3 is 6.09 Å². The highest BCUT2D eigenvalue weighted by atomic mass is 16.6. The highest BCUT2D eigenvalue weighted by molar-refractivity contribution is 5.74. The summed E-state index contributed by atoms with van der Waals surface area (Å²) in [4.78, 5) is 23.9. The number of aliphatic imine (C=N–C) groups is 1. The molecule has 0 aliphatic carbocycles. The molecule has 1 aromatic heterocycles. The van der Waals surface area contributed by atoms with Gasteiger partial charge < -0.3 is 14.5 Å². The number of rotatable bonds is 3. The molecule has 6 heteroatoms. The van der Waals surface area contributed by atoms with Crippen molar-refractivity contribution in [3.63, 3.8) is 0 Å². The molecule has 1 aliphatic rings. The van der Waals surface area contributed by atoms with E-state index in [1.54, 1.807) is 23.5 Å². The second-order valence-electron chi connectivity index (χ2n) is 4.97. The Morgan fingerprint density at radius 2 is 2.15 bits per heavy atom. The van der Waals surface area contributed by atoms with Crippen LogP contribution in [0.4, 0.5) is 10.5 Å². The van der Waals surface area contributed by atoms with Gasteiger partial charge in [-0.2, -0.15) is 0 Å². The summed E-state index contributed by atoms with van der Waals surface area (Å²) >= 11 is 0. The predicted octanol–water partition coefficient (Wildman–Crippen LogP) is 2.29. The molecule has 1 aromatic rings.